The first-order valence-corrected chi connectivity index (χ1v) is 6.70. The average Bonchev–Trinajstić information content (AvgIpc) is 2.72. The van der Waals surface area contributed by atoms with E-state index in [0.717, 1.165) is 4.88 Å². The average molecular weight is 220 g/mol. The van der Waals surface area contributed by atoms with Crippen LogP contribution >= 0.6 is 11.3 Å². The molecular formula is C13H16OS. The highest BCUT2D eigenvalue weighted by molar-refractivity contribution is 7.14. The summed E-state index contributed by atoms with van der Waals surface area (Å²) in [5.41, 5.74) is 2.97. The van der Waals surface area contributed by atoms with Crippen molar-refractivity contribution < 1.29 is 4.79 Å². The molecular weight excluding hydrogens is 204 g/mol. The molecule has 0 saturated heterocycles. The highest BCUT2D eigenvalue weighted by atomic mass is 32.1. The lowest BCUT2D eigenvalue weighted by atomic mass is 9.89. The minimum Gasteiger partial charge on any atom is -0.293 e. The van der Waals surface area contributed by atoms with Crippen molar-refractivity contribution in [1.29, 1.82) is 0 Å². The maximum absolute atomic E-state index is 12.0. The van der Waals surface area contributed by atoms with Crippen LogP contribution in [-0.2, 0) is 12.8 Å². The van der Waals surface area contributed by atoms with Crippen LogP contribution in [0.25, 0.3) is 0 Å². The molecule has 0 amide bonds. The van der Waals surface area contributed by atoms with Crippen molar-refractivity contribution in [2.75, 3.05) is 0 Å². The fraction of sp³-hybridized carbons (Fsp3) is 0.615. The predicted molar refractivity (Wildman–Crippen MR) is 62.9 cm³/mol. The molecule has 1 aromatic heterocycles. The van der Waals surface area contributed by atoms with Gasteiger partial charge in [-0.25, -0.2) is 0 Å². The van der Waals surface area contributed by atoms with Gasteiger partial charge in [-0.2, -0.15) is 0 Å². The zero-order chi connectivity index (χ0) is 10.6. The van der Waals surface area contributed by atoms with Crippen molar-refractivity contribution >= 4 is 17.1 Å². The molecule has 0 saturated carbocycles. The minimum atomic E-state index is 0.221. The van der Waals surface area contributed by atoms with Crippen LogP contribution in [0.2, 0.25) is 0 Å². The molecule has 2 aliphatic carbocycles. The van der Waals surface area contributed by atoms with Gasteiger partial charge in [0.05, 0.1) is 4.88 Å². The van der Waals surface area contributed by atoms with Gasteiger partial charge in [0.15, 0.2) is 5.78 Å². The van der Waals surface area contributed by atoms with Crippen molar-refractivity contribution in [2.24, 2.45) is 5.92 Å². The number of thiophene rings is 1. The zero-order valence-corrected chi connectivity index (χ0v) is 10.1. The number of rotatable bonds is 0. The van der Waals surface area contributed by atoms with Crippen LogP contribution in [0.15, 0.2) is 0 Å². The van der Waals surface area contributed by atoms with Crippen LogP contribution in [0.5, 0.6) is 0 Å². The number of fused-ring (bicyclic) bond motifs is 3. The van der Waals surface area contributed by atoms with E-state index < -0.39 is 0 Å². The first-order chi connectivity index (χ1) is 7.20. The summed E-state index contributed by atoms with van der Waals surface area (Å²) in [5, 5.41) is 0. The van der Waals surface area contributed by atoms with Gasteiger partial charge in [0.25, 0.3) is 0 Å². The standard InChI is InChI=1S/C13H16OS/c1-7-8(2)12(14)13-11(7)9-5-3-4-6-10(9)15-13/h7-8H,3-6H2,1-2H3. The molecule has 0 fully saturated rings. The molecule has 0 bridgehead atoms. The van der Waals surface area contributed by atoms with Gasteiger partial charge in [-0.05, 0) is 42.7 Å². The van der Waals surface area contributed by atoms with E-state index in [4.69, 9.17) is 0 Å². The Kier molecular flexibility index (Phi) is 2.03. The van der Waals surface area contributed by atoms with Gasteiger partial charge in [-0.1, -0.05) is 13.8 Å². The summed E-state index contributed by atoms with van der Waals surface area (Å²) in [6.07, 6.45) is 5.04. The van der Waals surface area contributed by atoms with Crippen molar-refractivity contribution in [3.05, 3.63) is 20.9 Å². The topological polar surface area (TPSA) is 17.1 Å². The molecule has 3 rings (SSSR count). The lowest BCUT2D eigenvalue weighted by molar-refractivity contribution is 0.0940. The van der Waals surface area contributed by atoms with Crippen LogP contribution < -0.4 is 0 Å². The van der Waals surface area contributed by atoms with Gasteiger partial charge in [0.2, 0.25) is 0 Å². The molecule has 0 N–H and O–H groups in total. The Bertz CT molecular complexity index is 430. The van der Waals surface area contributed by atoms with Gasteiger partial charge < -0.3 is 0 Å². The van der Waals surface area contributed by atoms with Gasteiger partial charge in [-0.15, -0.1) is 11.3 Å². The van der Waals surface area contributed by atoms with Crippen LogP contribution in [0, 0.1) is 5.92 Å². The predicted octanol–water partition coefficient (Wildman–Crippen LogP) is 3.56. The Morgan fingerprint density at radius 3 is 2.67 bits per heavy atom. The SMILES string of the molecule is CC1C(=O)c2sc3c(c2C1C)CCCC3. The third kappa shape index (κ3) is 1.17. The lowest BCUT2D eigenvalue weighted by Gasteiger charge is -2.16. The van der Waals surface area contributed by atoms with E-state index in [9.17, 15) is 4.79 Å². The molecule has 2 heteroatoms. The van der Waals surface area contributed by atoms with E-state index in [2.05, 4.69) is 13.8 Å². The summed E-state index contributed by atoms with van der Waals surface area (Å²) in [5.74, 6) is 1.08. The summed E-state index contributed by atoms with van der Waals surface area (Å²) in [7, 11) is 0. The molecule has 2 unspecified atom stereocenters. The van der Waals surface area contributed by atoms with E-state index in [1.807, 2.05) is 0 Å². The molecule has 80 valence electrons. The summed E-state index contributed by atoms with van der Waals surface area (Å²) in [4.78, 5) is 14.6. The number of ketones is 1. The third-order valence-corrected chi connectivity index (χ3v) is 5.38. The normalized spacial score (nSPS) is 29.1. The Labute approximate surface area is 94.5 Å². The van der Waals surface area contributed by atoms with Crippen molar-refractivity contribution in [2.45, 2.75) is 45.4 Å². The second kappa shape index (κ2) is 3.18. The summed E-state index contributed by atoms with van der Waals surface area (Å²) < 4.78 is 0. The second-order valence-corrected chi connectivity index (χ2v) is 6.00. The molecule has 0 radical (unpaired) electrons. The van der Waals surface area contributed by atoms with Crippen LogP contribution in [0.3, 0.4) is 0 Å². The molecule has 1 heterocycles. The van der Waals surface area contributed by atoms with E-state index in [1.165, 1.54) is 36.1 Å². The van der Waals surface area contributed by atoms with Crippen molar-refractivity contribution in [1.82, 2.24) is 0 Å². The van der Waals surface area contributed by atoms with Gasteiger partial charge in [0.1, 0.15) is 0 Å². The Morgan fingerprint density at radius 1 is 1.13 bits per heavy atom. The molecule has 1 aromatic rings. The fourth-order valence-corrected chi connectivity index (χ4v) is 4.47. The van der Waals surface area contributed by atoms with E-state index in [0.29, 0.717) is 11.7 Å². The Morgan fingerprint density at radius 2 is 1.87 bits per heavy atom. The number of hydrogen-bond donors (Lipinski definition) is 0. The number of aryl methyl sites for hydroxylation is 1. The summed E-state index contributed by atoms with van der Waals surface area (Å²) in [6, 6.07) is 0. The van der Waals surface area contributed by atoms with Crippen molar-refractivity contribution in [3.8, 4) is 0 Å². The molecule has 0 aliphatic heterocycles. The first kappa shape index (κ1) is 9.59. The molecule has 0 aromatic carbocycles. The number of hydrogen-bond acceptors (Lipinski definition) is 2. The number of carbonyl (C=O) groups is 1. The third-order valence-electron chi connectivity index (χ3n) is 4.05. The Balaban J connectivity index is 2.18. The highest BCUT2D eigenvalue weighted by Crippen LogP contribution is 2.47. The first-order valence-electron chi connectivity index (χ1n) is 5.88. The molecule has 0 spiro atoms. The lowest BCUT2D eigenvalue weighted by Crippen LogP contribution is -2.08. The number of Topliss-reactive ketones (excluding diaryl/α,β-unsaturated/α-hetero) is 1. The van der Waals surface area contributed by atoms with Crippen LogP contribution in [-0.4, -0.2) is 5.78 Å². The second-order valence-electron chi connectivity index (χ2n) is 4.90. The summed E-state index contributed by atoms with van der Waals surface area (Å²) >= 11 is 1.79. The van der Waals surface area contributed by atoms with Gasteiger partial charge >= 0.3 is 0 Å². The number of carbonyl (C=O) groups excluding carboxylic acids is 1. The van der Waals surface area contributed by atoms with E-state index in [-0.39, 0.29) is 5.92 Å². The largest absolute Gasteiger partial charge is 0.293 e. The minimum absolute atomic E-state index is 0.221. The molecule has 2 atom stereocenters. The quantitative estimate of drug-likeness (QED) is 0.653. The molecule has 1 nitrogen and oxygen atoms in total. The van der Waals surface area contributed by atoms with Crippen LogP contribution in [0.1, 0.15) is 58.3 Å². The maximum atomic E-state index is 12.0. The van der Waals surface area contributed by atoms with E-state index in [1.54, 1.807) is 16.9 Å². The monoisotopic (exact) mass is 220 g/mol. The smallest absolute Gasteiger partial charge is 0.176 e. The van der Waals surface area contributed by atoms with E-state index >= 15 is 0 Å². The maximum Gasteiger partial charge on any atom is 0.176 e. The van der Waals surface area contributed by atoms with Gasteiger partial charge in [-0.3, -0.25) is 4.79 Å². The fourth-order valence-electron chi connectivity index (χ4n) is 2.94. The summed E-state index contributed by atoms with van der Waals surface area (Å²) in [6.45, 7) is 4.30. The zero-order valence-electron chi connectivity index (χ0n) is 9.30. The van der Waals surface area contributed by atoms with Gasteiger partial charge in [0, 0.05) is 10.8 Å². The highest BCUT2D eigenvalue weighted by Gasteiger charge is 2.38. The molecule has 2 aliphatic rings. The van der Waals surface area contributed by atoms with Crippen molar-refractivity contribution in [3.63, 3.8) is 0 Å². The Hall–Kier alpha value is -0.630. The van der Waals surface area contributed by atoms with Crippen LogP contribution in [0.4, 0.5) is 0 Å². The molecule has 15 heavy (non-hydrogen) atoms.